The summed E-state index contributed by atoms with van der Waals surface area (Å²) in [5.41, 5.74) is 0.399. The lowest BCUT2D eigenvalue weighted by atomic mass is 10.1. The standard InChI is InChI=1S/C18H18ClN3O6S/c1-12-2-3-13(10-17(12)29(26,27)21-6-8-28-9-7-21)20-18(23)15-11-14(22(24)25)4-5-16(15)19/h2-5,10-11H,6-9H2,1H3,(H,20,23). The van der Waals surface area contributed by atoms with Crippen molar-refractivity contribution >= 4 is 38.9 Å². The Hall–Kier alpha value is -2.53. The summed E-state index contributed by atoms with van der Waals surface area (Å²) in [6.07, 6.45) is 0. The van der Waals surface area contributed by atoms with Gasteiger partial charge in [-0.05, 0) is 30.7 Å². The van der Waals surface area contributed by atoms with Crippen molar-refractivity contribution in [3.63, 3.8) is 0 Å². The predicted octanol–water partition coefficient (Wildman–Crippen LogP) is 2.83. The average molecular weight is 440 g/mol. The Bertz CT molecular complexity index is 1070. The largest absolute Gasteiger partial charge is 0.379 e. The molecule has 1 N–H and O–H groups in total. The van der Waals surface area contributed by atoms with Gasteiger partial charge < -0.3 is 10.1 Å². The van der Waals surface area contributed by atoms with Gasteiger partial charge >= 0.3 is 0 Å². The molecule has 0 atom stereocenters. The van der Waals surface area contributed by atoms with Gasteiger partial charge in [-0.3, -0.25) is 14.9 Å². The zero-order valence-corrected chi connectivity index (χ0v) is 17.0. The van der Waals surface area contributed by atoms with Crippen LogP contribution in [0.5, 0.6) is 0 Å². The predicted molar refractivity (Wildman–Crippen MR) is 107 cm³/mol. The maximum Gasteiger partial charge on any atom is 0.270 e. The van der Waals surface area contributed by atoms with Gasteiger partial charge in [0.1, 0.15) is 0 Å². The molecule has 154 valence electrons. The first kappa shape index (κ1) is 21.2. The van der Waals surface area contributed by atoms with Crippen molar-refractivity contribution in [1.82, 2.24) is 4.31 Å². The summed E-state index contributed by atoms with van der Waals surface area (Å²) < 4.78 is 32.4. The van der Waals surface area contributed by atoms with Crippen molar-refractivity contribution in [3.8, 4) is 0 Å². The lowest BCUT2D eigenvalue weighted by Gasteiger charge is -2.26. The zero-order chi connectivity index (χ0) is 21.2. The van der Waals surface area contributed by atoms with Crippen LogP contribution in [0.15, 0.2) is 41.3 Å². The molecule has 0 aliphatic carbocycles. The number of anilines is 1. The van der Waals surface area contributed by atoms with E-state index in [-0.39, 0.29) is 39.9 Å². The molecule has 0 saturated carbocycles. The van der Waals surface area contributed by atoms with Crippen LogP contribution in [0.2, 0.25) is 5.02 Å². The second kappa shape index (κ2) is 8.46. The first-order chi connectivity index (χ1) is 13.7. The molecule has 9 nitrogen and oxygen atoms in total. The summed E-state index contributed by atoms with van der Waals surface area (Å²) in [7, 11) is -3.76. The number of nitrogens with zero attached hydrogens (tertiary/aromatic N) is 2. The Labute approximate surface area is 172 Å². The SMILES string of the molecule is Cc1ccc(NC(=O)c2cc([N+](=O)[O-])ccc2Cl)cc1S(=O)(=O)N1CCOCC1. The number of sulfonamides is 1. The average Bonchev–Trinajstić information content (AvgIpc) is 2.70. The van der Waals surface area contributed by atoms with Crippen molar-refractivity contribution in [2.45, 2.75) is 11.8 Å². The van der Waals surface area contributed by atoms with Crippen LogP contribution in [-0.2, 0) is 14.8 Å². The third-order valence-electron chi connectivity index (χ3n) is 4.44. The van der Waals surface area contributed by atoms with Gasteiger partial charge in [-0.15, -0.1) is 0 Å². The number of nitrogens with one attached hydrogen (secondary N) is 1. The number of hydrogen-bond acceptors (Lipinski definition) is 6. The number of halogens is 1. The van der Waals surface area contributed by atoms with Crippen LogP contribution in [0.25, 0.3) is 0 Å². The Morgan fingerprint density at radius 1 is 1.21 bits per heavy atom. The van der Waals surface area contributed by atoms with Gasteiger partial charge in [-0.1, -0.05) is 17.7 Å². The number of benzene rings is 2. The van der Waals surface area contributed by atoms with E-state index in [1.807, 2.05) is 0 Å². The van der Waals surface area contributed by atoms with Crippen LogP contribution in [0.1, 0.15) is 15.9 Å². The van der Waals surface area contributed by atoms with Gasteiger partial charge in [0.25, 0.3) is 11.6 Å². The zero-order valence-electron chi connectivity index (χ0n) is 15.4. The van der Waals surface area contributed by atoms with E-state index in [9.17, 15) is 23.3 Å². The maximum absolute atomic E-state index is 13.0. The molecule has 1 saturated heterocycles. The Kier molecular flexibility index (Phi) is 6.18. The quantitative estimate of drug-likeness (QED) is 0.565. The highest BCUT2D eigenvalue weighted by molar-refractivity contribution is 7.89. The molecule has 1 heterocycles. The fourth-order valence-electron chi connectivity index (χ4n) is 2.88. The second-order valence-corrected chi connectivity index (χ2v) is 8.69. The molecule has 11 heteroatoms. The molecule has 0 radical (unpaired) electrons. The highest BCUT2D eigenvalue weighted by atomic mass is 35.5. The van der Waals surface area contributed by atoms with E-state index in [2.05, 4.69) is 5.32 Å². The number of nitro groups is 1. The monoisotopic (exact) mass is 439 g/mol. The van der Waals surface area contributed by atoms with E-state index in [0.29, 0.717) is 18.8 Å². The van der Waals surface area contributed by atoms with E-state index >= 15 is 0 Å². The number of hydrogen-bond donors (Lipinski definition) is 1. The van der Waals surface area contributed by atoms with E-state index in [1.165, 1.54) is 22.5 Å². The lowest BCUT2D eigenvalue weighted by Crippen LogP contribution is -2.40. The third kappa shape index (κ3) is 4.56. The Morgan fingerprint density at radius 3 is 2.55 bits per heavy atom. The molecule has 2 aromatic carbocycles. The Morgan fingerprint density at radius 2 is 1.90 bits per heavy atom. The normalized spacial score (nSPS) is 15.1. The number of carbonyl (C=O) groups excluding carboxylic acids is 1. The molecule has 0 bridgehead atoms. The van der Waals surface area contributed by atoms with E-state index in [4.69, 9.17) is 16.3 Å². The van der Waals surface area contributed by atoms with Crippen LogP contribution in [0, 0.1) is 17.0 Å². The number of amides is 1. The van der Waals surface area contributed by atoms with Crippen LogP contribution in [0.4, 0.5) is 11.4 Å². The highest BCUT2D eigenvalue weighted by Crippen LogP contribution is 2.26. The molecular weight excluding hydrogens is 422 g/mol. The van der Waals surface area contributed by atoms with E-state index in [0.717, 1.165) is 6.07 Å². The third-order valence-corrected chi connectivity index (χ3v) is 6.81. The molecule has 1 fully saturated rings. The highest BCUT2D eigenvalue weighted by Gasteiger charge is 2.28. The van der Waals surface area contributed by atoms with Gasteiger partial charge in [-0.2, -0.15) is 4.31 Å². The molecule has 3 rings (SSSR count). The van der Waals surface area contributed by atoms with Crippen LogP contribution in [0.3, 0.4) is 0 Å². The minimum Gasteiger partial charge on any atom is -0.379 e. The van der Waals surface area contributed by atoms with Gasteiger partial charge in [0.2, 0.25) is 10.0 Å². The van der Waals surface area contributed by atoms with Crippen LogP contribution >= 0.6 is 11.6 Å². The van der Waals surface area contributed by atoms with Crippen molar-refractivity contribution in [2.75, 3.05) is 31.6 Å². The summed E-state index contributed by atoms with van der Waals surface area (Å²) in [5.74, 6) is -0.683. The van der Waals surface area contributed by atoms with Crippen LogP contribution in [-0.4, -0.2) is 49.9 Å². The molecule has 1 aliphatic heterocycles. The summed E-state index contributed by atoms with van der Waals surface area (Å²) in [6, 6.07) is 8.02. The van der Waals surface area contributed by atoms with Gasteiger partial charge in [0.05, 0.1) is 33.6 Å². The molecule has 0 aromatic heterocycles. The molecule has 29 heavy (non-hydrogen) atoms. The lowest BCUT2D eigenvalue weighted by molar-refractivity contribution is -0.384. The maximum atomic E-state index is 13.0. The summed E-state index contributed by atoms with van der Waals surface area (Å²) in [6.45, 7) is 2.81. The molecule has 1 amide bonds. The molecule has 2 aromatic rings. The minimum atomic E-state index is -3.76. The number of morpholine rings is 1. The van der Waals surface area contributed by atoms with E-state index in [1.54, 1.807) is 19.1 Å². The van der Waals surface area contributed by atoms with Crippen molar-refractivity contribution in [1.29, 1.82) is 0 Å². The van der Waals surface area contributed by atoms with Crippen LogP contribution < -0.4 is 5.32 Å². The smallest absolute Gasteiger partial charge is 0.270 e. The number of nitro benzene ring substituents is 1. The van der Waals surface area contributed by atoms with E-state index < -0.39 is 20.9 Å². The second-order valence-electron chi connectivity index (χ2n) is 6.37. The molecule has 1 aliphatic rings. The summed E-state index contributed by atoms with van der Waals surface area (Å²) in [4.78, 5) is 22.9. The number of aryl methyl sites for hydroxylation is 1. The van der Waals surface area contributed by atoms with Crippen molar-refractivity contribution in [2.24, 2.45) is 0 Å². The number of ether oxygens (including phenoxy) is 1. The van der Waals surface area contributed by atoms with Gasteiger partial charge in [0.15, 0.2) is 0 Å². The topological polar surface area (TPSA) is 119 Å². The Balaban J connectivity index is 1.90. The number of carbonyl (C=O) groups is 1. The fraction of sp³-hybridized carbons (Fsp3) is 0.278. The summed E-state index contributed by atoms with van der Waals surface area (Å²) in [5, 5.41) is 13.5. The first-order valence-corrected chi connectivity index (χ1v) is 10.5. The molecule has 0 unspecified atom stereocenters. The number of non-ortho nitro benzene ring substituents is 1. The van der Waals surface area contributed by atoms with Gasteiger partial charge in [0, 0.05) is 30.9 Å². The number of rotatable bonds is 5. The van der Waals surface area contributed by atoms with Gasteiger partial charge in [-0.25, -0.2) is 8.42 Å². The van der Waals surface area contributed by atoms with Crippen molar-refractivity contribution < 1.29 is 22.9 Å². The molecular formula is C18H18ClN3O6S. The fourth-order valence-corrected chi connectivity index (χ4v) is 4.74. The summed E-state index contributed by atoms with van der Waals surface area (Å²) >= 11 is 5.99. The first-order valence-electron chi connectivity index (χ1n) is 8.64. The van der Waals surface area contributed by atoms with Crippen molar-refractivity contribution in [3.05, 3.63) is 62.7 Å². The minimum absolute atomic E-state index is 0.0429. The molecule has 0 spiro atoms.